The number of nitrogens with two attached hydrogens (primary N) is 2. The third kappa shape index (κ3) is 4.99. The van der Waals surface area contributed by atoms with Crippen molar-refractivity contribution in [1.82, 2.24) is 39.5 Å². The van der Waals surface area contributed by atoms with Gasteiger partial charge in [0.15, 0.2) is 5.65 Å². The maximum atomic E-state index is 13.2. The summed E-state index contributed by atoms with van der Waals surface area (Å²) in [5.74, 6) is 6.14. The minimum atomic E-state index is -0.612. The lowest BCUT2D eigenvalue weighted by molar-refractivity contribution is 0.100. The Balaban J connectivity index is 0.000000194. The number of fused-ring (bicyclic) bond motifs is 2. The molecule has 40 heavy (non-hydrogen) atoms. The number of H-pyrrole nitrogens is 1. The number of rotatable bonds is 3. The molecule has 0 aliphatic heterocycles. The number of amides is 1. The van der Waals surface area contributed by atoms with E-state index in [1.165, 1.54) is 0 Å². The molecule has 6 rings (SSSR count). The molecule has 1 amide bonds. The quantitative estimate of drug-likeness (QED) is 0.290. The normalized spacial score (nSPS) is 10.6. The van der Waals surface area contributed by atoms with Crippen LogP contribution in [0.4, 0.5) is 5.82 Å². The van der Waals surface area contributed by atoms with E-state index in [1.807, 2.05) is 44.3 Å². The second-order valence-corrected chi connectivity index (χ2v) is 8.63. The maximum Gasteiger partial charge on any atom is 0.270 e. The minimum absolute atomic E-state index is 0.115. The van der Waals surface area contributed by atoms with Gasteiger partial charge in [-0.1, -0.05) is 31.0 Å². The molecule has 0 fully saturated rings. The Labute approximate surface area is 227 Å². The maximum absolute atomic E-state index is 13.2. The number of nitrogen functional groups attached to an aromatic ring is 1. The molecular formula is C28H24N10O2. The van der Waals surface area contributed by atoms with Crippen LogP contribution < -0.4 is 17.0 Å². The molecule has 0 radical (unpaired) electrons. The molecule has 0 unspecified atom stereocenters. The molecule has 6 aromatic rings. The number of nitrogens with one attached hydrogen (secondary N) is 1. The van der Waals surface area contributed by atoms with E-state index in [1.54, 1.807) is 46.2 Å². The van der Waals surface area contributed by atoms with Gasteiger partial charge >= 0.3 is 0 Å². The van der Waals surface area contributed by atoms with Gasteiger partial charge in [-0.05, 0) is 30.2 Å². The molecule has 12 heteroatoms. The number of aromatic amines is 1. The first kappa shape index (κ1) is 25.8. The fourth-order valence-electron chi connectivity index (χ4n) is 4.11. The fraction of sp³-hybridized carbons (Fsp3) is 0.107. The molecule has 5 N–H and O–H groups in total. The highest BCUT2D eigenvalue weighted by atomic mass is 16.1. The predicted octanol–water partition coefficient (Wildman–Crippen LogP) is 2.12. The number of pyridine rings is 2. The number of aryl methyl sites for hydroxylation is 2. The number of para-hydroxylation sites is 1. The topological polar surface area (TPSA) is 176 Å². The van der Waals surface area contributed by atoms with Gasteiger partial charge in [0, 0.05) is 37.4 Å². The van der Waals surface area contributed by atoms with E-state index in [2.05, 4.69) is 42.1 Å². The molecule has 0 aliphatic rings. The van der Waals surface area contributed by atoms with Crippen LogP contribution in [-0.4, -0.2) is 45.4 Å². The van der Waals surface area contributed by atoms with E-state index in [9.17, 15) is 9.59 Å². The number of nitrogens with zero attached hydrogens (tertiary/aromatic N) is 7. The summed E-state index contributed by atoms with van der Waals surface area (Å²) in [6, 6.07) is 13.0. The van der Waals surface area contributed by atoms with Crippen LogP contribution >= 0.6 is 0 Å². The van der Waals surface area contributed by atoms with Crippen molar-refractivity contribution in [1.29, 1.82) is 0 Å². The van der Waals surface area contributed by atoms with Crippen LogP contribution in [0.5, 0.6) is 0 Å². The fourth-order valence-corrected chi connectivity index (χ4v) is 4.11. The molecule has 12 nitrogen and oxygen atoms in total. The summed E-state index contributed by atoms with van der Waals surface area (Å²) < 4.78 is 3.29. The SMILES string of the molecule is CCc1nc2n[nH]c(C#Cc3cnn(C)c3)c2c(=O)n1-c1ccccc1.NC(=O)c1c(N)ncc2cccnc12. The lowest BCUT2D eigenvalue weighted by atomic mass is 10.1. The van der Waals surface area contributed by atoms with E-state index in [-0.39, 0.29) is 16.9 Å². The van der Waals surface area contributed by atoms with Crippen LogP contribution in [0.25, 0.3) is 27.6 Å². The van der Waals surface area contributed by atoms with Gasteiger partial charge in [-0.2, -0.15) is 10.2 Å². The summed E-state index contributed by atoms with van der Waals surface area (Å²) in [5.41, 5.74) is 13.6. The Morgan fingerprint density at radius 1 is 1.07 bits per heavy atom. The molecule has 0 aliphatic carbocycles. The number of hydrogen-bond acceptors (Lipinski definition) is 8. The lowest BCUT2D eigenvalue weighted by Gasteiger charge is -2.10. The smallest absolute Gasteiger partial charge is 0.270 e. The highest BCUT2D eigenvalue weighted by Crippen LogP contribution is 2.19. The summed E-state index contributed by atoms with van der Waals surface area (Å²) in [4.78, 5) is 36.7. The van der Waals surface area contributed by atoms with Gasteiger partial charge in [0.05, 0.1) is 23.0 Å². The Hall–Kier alpha value is -5.83. The number of primary amides is 1. The molecular weight excluding hydrogens is 508 g/mol. The van der Waals surface area contributed by atoms with Gasteiger partial charge in [-0.25, -0.2) is 9.97 Å². The van der Waals surface area contributed by atoms with Crippen molar-refractivity contribution in [3.63, 3.8) is 0 Å². The van der Waals surface area contributed by atoms with Crippen molar-refractivity contribution in [2.45, 2.75) is 13.3 Å². The average molecular weight is 533 g/mol. The summed E-state index contributed by atoms with van der Waals surface area (Å²) in [6.45, 7) is 1.96. The number of benzene rings is 1. The van der Waals surface area contributed by atoms with E-state index in [4.69, 9.17) is 11.5 Å². The Bertz CT molecular complexity index is 1980. The first-order valence-electron chi connectivity index (χ1n) is 12.2. The molecule has 5 aromatic heterocycles. The number of aromatic nitrogens is 8. The third-order valence-corrected chi connectivity index (χ3v) is 5.95. The van der Waals surface area contributed by atoms with Gasteiger partial charge in [0.1, 0.15) is 28.3 Å². The number of carbonyl (C=O) groups is 1. The van der Waals surface area contributed by atoms with Gasteiger partial charge < -0.3 is 11.5 Å². The second-order valence-electron chi connectivity index (χ2n) is 8.63. The summed E-state index contributed by atoms with van der Waals surface area (Å²) in [6.07, 6.45) is 7.23. The van der Waals surface area contributed by atoms with Crippen LogP contribution in [0.1, 0.15) is 34.4 Å². The van der Waals surface area contributed by atoms with Crippen molar-refractivity contribution < 1.29 is 4.79 Å². The standard InChI is InChI=1S/C19H16N6O.C9H8N4O/c1-3-16-21-18-17(19(26)25(16)14-7-5-4-6-8-14)15(22-23-18)10-9-13-11-20-24(2)12-13;10-8-6(9(11)14)7-5(4-13-8)2-1-3-12-7/h4-8,11-12H,3H2,1-2H3,(H,22,23);1-4H,(H2,10,13)(H2,11,14). The van der Waals surface area contributed by atoms with E-state index in [0.29, 0.717) is 34.5 Å². The van der Waals surface area contributed by atoms with E-state index >= 15 is 0 Å². The summed E-state index contributed by atoms with van der Waals surface area (Å²) in [7, 11) is 1.82. The van der Waals surface area contributed by atoms with Crippen molar-refractivity contribution in [3.8, 4) is 17.5 Å². The van der Waals surface area contributed by atoms with Crippen molar-refractivity contribution in [2.24, 2.45) is 12.8 Å². The van der Waals surface area contributed by atoms with Crippen LogP contribution in [0, 0.1) is 11.8 Å². The first-order chi connectivity index (χ1) is 19.4. The highest BCUT2D eigenvalue weighted by Gasteiger charge is 2.16. The Kier molecular flexibility index (Phi) is 7.02. The molecule has 0 bridgehead atoms. The molecule has 1 aromatic carbocycles. The Morgan fingerprint density at radius 3 is 2.58 bits per heavy atom. The second kappa shape index (κ2) is 10.9. The number of anilines is 1. The first-order valence-corrected chi connectivity index (χ1v) is 12.2. The molecule has 198 valence electrons. The molecule has 0 saturated heterocycles. The van der Waals surface area contributed by atoms with E-state index in [0.717, 1.165) is 16.6 Å². The zero-order chi connectivity index (χ0) is 28.2. The molecule has 5 heterocycles. The van der Waals surface area contributed by atoms with Crippen molar-refractivity contribution in [2.75, 3.05) is 5.73 Å². The highest BCUT2D eigenvalue weighted by molar-refractivity contribution is 6.08. The van der Waals surface area contributed by atoms with Crippen LogP contribution in [0.2, 0.25) is 0 Å². The van der Waals surface area contributed by atoms with Gasteiger partial charge in [-0.3, -0.25) is 28.9 Å². The largest absolute Gasteiger partial charge is 0.383 e. The zero-order valence-corrected chi connectivity index (χ0v) is 21.7. The van der Waals surface area contributed by atoms with Gasteiger partial charge in [0.2, 0.25) is 0 Å². The Morgan fingerprint density at radius 2 is 1.88 bits per heavy atom. The van der Waals surface area contributed by atoms with Gasteiger partial charge in [-0.15, -0.1) is 0 Å². The number of carbonyl (C=O) groups excluding carboxylic acids is 1. The van der Waals surface area contributed by atoms with Gasteiger partial charge in [0.25, 0.3) is 11.5 Å². The predicted molar refractivity (Wildman–Crippen MR) is 151 cm³/mol. The van der Waals surface area contributed by atoms with Crippen molar-refractivity contribution in [3.05, 3.63) is 100 Å². The minimum Gasteiger partial charge on any atom is -0.383 e. The molecule has 0 spiro atoms. The lowest BCUT2D eigenvalue weighted by Crippen LogP contribution is -2.23. The molecule has 0 atom stereocenters. The third-order valence-electron chi connectivity index (χ3n) is 5.95. The average Bonchev–Trinajstić information content (AvgIpc) is 3.57. The summed E-state index contributed by atoms with van der Waals surface area (Å²) >= 11 is 0. The molecule has 0 saturated carbocycles. The van der Waals surface area contributed by atoms with Crippen LogP contribution in [-0.2, 0) is 13.5 Å². The zero-order valence-electron chi connectivity index (χ0n) is 21.7. The van der Waals surface area contributed by atoms with Crippen molar-refractivity contribution >= 4 is 33.7 Å². The van der Waals surface area contributed by atoms with Crippen LogP contribution in [0.15, 0.2) is 72.0 Å². The van der Waals surface area contributed by atoms with E-state index < -0.39 is 5.91 Å². The van der Waals surface area contributed by atoms with Crippen LogP contribution in [0.3, 0.4) is 0 Å². The monoisotopic (exact) mass is 532 g/mol. The number of hydrogen-bond donors (Lipinski definition) is 3. The summed E-state index contributed by atoms with van der Waals surface area (Å²) in [5, 5.41) is 12.2.